The predicted octanol–water partition coefficient (Wildman–Crippen LogP) is 2.29. The third-order valence-corrected chi connectivity index (χ3v) is 6.92. The molecule has 0 saturated heterocycles. The van der Waals surface area contributed by atoms with Crippen LogP contribution in [0.25, 0.3) is 0 Å². The molecular formula is C17H22N4O5S3. The Kier molecular flexibility index (Phi) is 7.99. The number of aromatic nitrogens is 2. The molecule has 1 aromatic heterocycles. The van der Waals surface area contributed by atoms with Gasteiger partial charge in [0.25, 0.3) is 0 Å². The van der Waals surface area contributed by atoms with Gasteiger partial charge in [-0.2, -0.15) is 0 Å². The van der Waals surface area contributed by atoms with Crippen molar-refractivity contribution < 1.29 is 22.7 Å². The molecule has 1 atom stereocenters. The third-order valence-electron chi connectivity index (χ3n) is 3.80. The van der Waals surface area contributed by atoms with E-state index in [1.807, 2.05) is 6.92 Å². The first-order valence-electron chi connectivity index (χ1n) is 8.55. The second kappa shape index (κ2) is 10.0. The molecule has 0 aliphatic rings. The van der Waals surface area contributed by atoms with Crippen LogP contribution in [0.3, 0.4) is 0 Å². The van der Waals surface area contributed by atoms with Gasteiger partial charge in [0.1, 0.15) is 6.04 Å². The van der Waals surface area contributed by atoms with Crippen LogP contribution in [-0.2, 0) is 24.3 Å². The number of carbonyl (C=O) groups is 2. The highest BCUT2D eigenvalue weighted by Crippen LogP contribution is 2.27. The van der Waals surface area contributed by atoms with Crippen LogP contribution in [-0.4, -0.2) is 55.7 Å². The average Bonchev–Trinajstić information content (AvgIpc) is 3.11. The fraction of sp³-hybridized carbons (Fsp3) is 0.412. The van der Waals surface area contributed by atoms with Gasteiger partial charge >= 0.3 is 5.97 Å². The first-order valence-corrected chi connectivity index (χ1v) is 12.2. The maximum Gasteiger partial charge on any atom is 0.316 e. The third kappa shape index (κ3) is 6.41. The molecule has 0 spiro atoms. The highest BCUT2D eigenvalue weighted by molar-refractivity contribution is 8.01. The van der Waals surface area contributed by atoms with E-state index in [-0.39, 0.29) is 17.3 Å². The molecule has 2 aromatic rings. The van der Waals surface area contributed by atoms with E-state index in [2.05, 4.69) is 20.3 Å². The van der Waals surface area contributed by atoms with E-state index >= 15 is 0 Å². The molecule has 12 heteroatoms. The summed E-state index contributed by atoms with van der Waals surface area (Å²) in [6, 6.07) is 5.95. The monoisotopic (exact) mass is 458 g/mol. The van der Waals surface area contributed by atoms with Crippen LogP contribution in [0.15, 0.2) is 28.6 Å². The lowest BCUT2D eigenvalue weighted by Crippen LogP contribution is -2.47. The van der Waals surface area contributed by atoms with Gasteiger partial charge in [-0.3, -0.25) is 19.2 Å². The smallest absolute Gasteiger partial charge is 0.316 e. The molecule has 0 aliphatic carbocycles. The van der Waals surface area contributed by atoms with Gasteiger partial charge in [0.05, 0.1) is 24.8 Å². The van der Waals surface area contributed by atoms with Crippen molar-refractivity contribution in [1.82, 2.24) is 10.2 Å². The summed E-state index contributed by atoms with van der Waals surface area (Å²) < 4.78 is 31.0. The van der Waals surface area contributed by atoms with E-state index in [1.54, 1.807) is 31.2 Å². The number of ether oxygens (including phenoxy) is 1. The van der Waals surface area contributed by atoms with Crippen LogP contribution in [0, 0.1) is 6.92 Å². The number of hydrogen-bond donors (Lipinski definition) is 1. The molecule has 0 saturated carbocycles. The van der Waals surface area contributed by atoms with E-state index in [0.717, 1.165) is 39.2 Å². The Hall–Kier alpha value is -2.18. The largest absolute Gasteiger partial charge is 0.468 e. The Morgan fingerprint density at radius 3 is 2.48 bits per heavy atom. The SMILES string of the molecule is CCC(C(=O)Nc1nnc(SCC(=O)OC)s1)N(c1ccc(C)cc1)S(C)(=O)=O. The summed E-state index contributed by atoms with van der Waals surface area (Å²) in [5, 5.41) is 10.6. The number of methoxy groups -OCH3 is 1. The minimum atomic E-state index is -3.71. The molecule has 0 bridgehead atoms. The minimum Gasteiger partial charge on any atom is -0.468 e. The van der Waals surface area contributed by atoms with Gasteiger partial charge in [-0.15, -0.1) is 10.2 Å². The topological polar surface area (TPSA) is 119 Å². The quantitative estimate of drug-likeness (QED) is 0.345. The molecule has 158 valence electrons. The molecule has 2 rings (SSSR count). The van der Waals surface area contributed by atoms with Crippen LogP contribution in [0.1, 0.15) is 18.9 Å². The number of benzene rings is 1. The molecule has 0 fully saturated rings. The number of rotatable bonds is 9. The highest BCUT2D eigenvalue weighted by Gasteiger charge is 2.32. The number of nitrogens with zero attached hydrogens (tertiary/aromatic N) is 3. The number of anilines is 2. The van der Waals surface area contributed by atoms with Crippen LogP contribution in [0.5, 0.6) is 0 Å². The number of sulfonamides is 1. The number of carbonyl (C=O) groups excluding carboxylic acids is 2. The maximum absolute atomic E-state index is 12.8. The zero-order valence-corrected chi connectivity index (χ0v) is 18.9. The van der Waals surface area contributed by atoms with Gasteiger partial charge in [0.15, 0.2) is 4.34 Å². The van der Waals surface area contributed by atoms with E-state index < -0.39 is 27.9 Å². The Morgan fingerprint density at radius 1 is 1.28 bits per heavy atom. The van der Waals surface area contributed by atoms with E-state index in [4.69, 9.17) is 0 Å². The van der Waals surface area contributed by atoms with Crippen molar-refractivity contribution in [3.8, 4) is 0 Å². The lowest BCUT2D eigenvalue weighted by molar-refractivity contribution is -0.137. The van der Waals surface area contributed by atoms with Gasteiger partial charge in [-0.25, -0.2) is 8.42 Å². The second-order valence-electron chi connectivity index (χ2n) is 6.05. The lowest BCUT2D eigenvalue weighted by atomic mass is 10.1. The summed E-state index contributed by atoms with van der Waals surface area (Å²) in [6.07, 6.45) is 1.32. The standard InChI is InChI=1S/C17H22N4O5S3/c1-5-13(21(29(4,24)25)12-8-6-11(2)7-9-12)15(23)18-16-19-20-17(28-16)27-10-14(22)26-3/h6-9,13H,5,10H2,1-4H3,(H,18,19,23). The molecule has 29 heavy (non-hydrogen) atoms. The van der Waals surface area contributed by atoms with Crippen LogP contribution in [0.2, 0.25) is 0 Å². The van der Waals surface area contributed by atoms with Crippen molar-refractivity contribution >= 4 is 55.8 Å². The van der Waals surface area contributed by atoms with E-state index in [1.165, 1.54) is 7.11 Å². The van der Waals surface area contributed by atoms with Crippen molar-refractivity contribution in [3.63, 3.8) is 0 Å². The minimum absolute atomic E-state index is 0.0753. The lowest BCUT2D eigenvalue weighted by Gasteiger charge is -2.29. The molecule has 1 N–H and O–H groups in total. The van der Waals surface area contributed by atoms with Gasteiger partial charge < -0.3 is 4.74 Å². The van der Waals surface area contributed by atoms with Crippen LogP contribution < -0.4 is 9.62 Å². The zero-order valence-electron chi connectivity index (χ0n) is 16.4. The normalized spacial score (nSPS) is 12.3. The fourth-order valence-corrected chi connectivity index (χ4v) is 5.24. The molecule has 1 unspecified atom stereocenters. The number of esters is 1. The van der Waals surface area contributed by atoms with Gasteiger partial charge in [0, 0.05) is 0 Å². The fourth-order valence-electron chi connectivity index (χ4n) is 2.44. The summed E-state index contributed by atoms with van der Waals surface area (Å²) in [5.74, 6) is -0.839. The van der Waals surface area contributed by atoms with E-state index in [0.29, 0.717) is 10.0 Å². The summed E-state index contributed by atoms with van der Waals surface area (Å²) >= 11 is 2.23. The number of aryl methyl sites for hydroxylation is 1. The summed E-state index contributed by atoms with van der Waals surface area (Å²) in [4.78, 5) is 24.0. The molecule has 9 nitrogen and oxygen atoms in total. The van der Waals surface area contributed by atoms with Gasteiger partial charge in [-0.05, 0) is 25.5 Å². The predicted molar refractivity (Wildman–Crippen MR) is 114 cm³/mol. The molecule has 1 aromatic carbocycles. The average molecular weight is 459 g/mol. The summed E-state index contributed by atoms with van der Waals surface area (Å²) in [5.41, 5.74) is 1.39. The van der Waals surface area contributed by atoms with Crippen molar-refractivity contribution in [1.29, 1.82) is 0 Å². The first-order chi connectivity index (χ1) is 13.7. The van der Waals surface area contributed by atoms with Crippen LogP contribution in [0.4, 0.5) is 10.8 Å². The number of thioether (sulfide) groups is 1. The van der Waals surface area contributed by atoms with E-state index in [9.17, 15) is 18.0 Å². The second-order valence-corrected chi connectivity index (χ2v) is 10.1. The van der Waals surface area contributed by atoms with Crippen molar-refractivity contribution in [3.05, 3.63) is 29.8 Å². The Balaban J connectivity index is 2.18. The Bertz CT molecular complexity index is 960. The molecule has 1 amide bonds. The highest BCUT2D eigenvalue weighted by atomic mass is 32.2. The van der Waals surface area contributed by atoms with Crippen LogP contribution >= 0.6 is 23.1 Å². The first kappa shape index (κ1) is 23.1. The van der Waals surface area contributed by atoms with Crippen molar-refractivity contribution in [2.24, 2.45) is 0 Å². The summed E-state index contributed by atoms with van der Waals surface area (Å²) in [7, 11) is -2.42. The number of nitrogens with one attached hydrogen (secondary N) is 1. The van der Waals surface area contributed by atoms with Gasteiger partial charge in [0.2, 0.25) is 21.1 Å². The molecule has 0 aliphatic heterocycles. The maximum atomic E-state index is 12.8. The summed E-state index contributed by atoms with van der Waals surface area (Å²) in [6.45, 7) is 3.62. The number of amides is 1. The molecular weight excluding hydrogens is 436 g/mol. The Morgan fingerprint density at radius 2 is 1.93 bits per heavy atom. The molecule has 0 radical (unpaired) electrons. The zero-order chi connectivity index (χ0) is 21.6. The van der Waals surface area contributed by atoms with Gasteiger partial charge in [-0.1, -0.05) is 47.7 Å². The number of hydrogen-bond acceptors (Lipinski definition) is 9. The van der Waals surface area contributed by atoms with Crippen molar-refractivity contribution in [2.75, 3.05) is 28.7 Å². The molecule has 1 heterocycles. The van der Waals surface area contributed by atoms with Crippen molar-refractivity contribution in [2.45, 2.75) is 30.6 Å². The Labute approximate surface area is 177 Å².